The molecule has 3 aromatic rings. The third-order valence-corrected chi connectivity index (χ3v) is 9.18. The standard InChI is InChI=1S/C29H37N3O7S2.C2H6/c1-29(2,20-10-8-11-22(18-20)40(35)38-6)26(30-16-9-17-41(36,37)39-7)15-14-24-27(33)23-13-12-21(31(3)4)19-25(23)32(5)28(24)34;1-2/h8,10-15,18-19,33H,9,16-17H2,1-7H3;1-2H3/b15-14+,30-26?;. The van der Waals surface area contributed by atoms with Gasteiger partial charge in [-0.1, -0.05) is 39.8 Å². The fourth-order valence-corrected chi connectivity index (χ4v) is 5.60. The smallest absolute Gasteiger partial charge is 0.267 e. The van der Waals surface area contributed by atoms with Crippen LogP contribution >= 0.6 is 0 Å². The number of benzene rings is 2. The van der Waals surface area contributed by atoms with Crippen molar-refractivity contribution in [3.05, 3.63) is 70.0 Å². The highest BCUT2D eigenvalue weighted by atomic mass is 32.2. The maximum absolute atomic E-state index is 13.3. The summed E-state index contributed by atoms with van der Waals surface area (Å²) in [5.74, 6) is -0.348. The lowest BCUT2D eigenvalue weighted by atomic mass is 9.79. The normalized spacial score (nSPS) is 13.2. The number of rotatable bonds is 12. The molecule has 10 nitrogen and oxygen atoms in total. The van der Waals surface area contributed by atoms with E-state index in [1.54, 1.807) is 37.4 Å². The van der Waals surface area contributed by atoms with Crippen LogP contribution in [0.4, 0.5) is 5.69 Å². The van der Waals surface area contributed by atoms with Crippen molar-refractivity contribution in [1.29, 1.82) is 0 Å². The highest BCUT2D eigenvalue weighted by molar-refractivity contribution is 7.86. The first kappa shape index (κ1) is 35.9. The van der Waals surface area contributed by atoms with Gasteiger partial charge in [-0.25, -0.2) is 4.21 Å². The van der Waals surface area contributed by atoms with Crippen LogP contribution in [0.15, 0.2) is 63.2 Å². The van der Waals surface area contributed by atoms with Crippen molar-refractivity contribution >= 4 is 49.6 Å². The Morgan fingerprint density at radius 1 is 1.14 bits per heavy atom. The summed E-state index contributed by atoms with van der Waals surface area (Å²) in [5.41, 5.74) is 1.73. The Balaban J connectivity index is 0.00000316. The SMILES string of the molecule is CC.COS(=O)c1cccc(C(C)(C)C(/C=C/c2c(O)c3ccc(N(C)C)cc3n(C)c2=O)=NCCCS(=O)(=O)OC)c1. The number of anilines is 1. The summed E-state index contributed by atoms with van der Waals surface area (Å²) in [6.45, 7) is 8.00. The minimum Gasteiger partial charge on any atom is -0.506 e. The van der Waals surface area contributed by atoms with Crippen molar-refractivity contribution in [1.82, 2.24) is 4.57 Å². The molecule has 0 saturated carbocycles. The molecular weight excluding hydrogens is 590 g/mol. The zero-order chi connectivity index (χ0) is 32.5. The Labute approximate surface area is 257 Å². The number of hydrogen-bond acceptors (Lipinski definition) is 9. The third-order valence-electron chi connectivity index (χ3n) is 6.94. The van der Waals surface area contributed by atoms with Crippen LogP contribution in [0.5, 0.6) is 5.75 Å². The highest BCUT2D eigenvalue weighted by Crippen LogP contribution is 2.31. The maximum Gasteiger partial charge on any atom is 0.267 e. The summed E-state index contributed by atoms with van der Waals surface area (Å²) < 4.78 is 46.8. The van der Waals surface area contributed by atoms with Gasteiger partial charge >= 0.3 is 0 Å². The largest absolute Gasteiger partial charge is 0.506 e. The second-order valence-corrected chi connectivity index (χ2v) is 13.3. The summed E-state index contributed by atoms with van der Waals surface area (Å²) in [6, 6.07) is 12.6. The monoisotopic (exact) mass is 633 g/mol. The lowest BCUT2D eigenvalue weighted by Gasteiger charge is -2.26. The van der Waals surface area contributed by atoms with Crippen molar-refractivity contribution in [3.63, 3.8) is 0 Å². The summed E-state index contributed by atoms with van der Waals surface area (Å²) in [5, 5.41) is 11.6. The number of aliphatic imine (C=N–C) groups is 1. The van der Waals surface area contributed by atoms with Crippen molar-refractivity contribution < 1.29 is 26.1 Å². The predicted octanol–water partition coefficient (Wildman–Crippen LogP) is 4.80. The van der Waals surface area contributed by atoms with E-state index in [4.69, 9.17) is 9.18 Å². The Morgan fingerprint density at radius 3 is 2.42 bits per heavy atom. The Kier molecular flexibility index (Phi) is 12.9. The van der Waals surface area contributed by atoms with Gasteiger partial charge in [-0.3, -0.25) is 18.2 Å². The predicted molar refractivity (Wildman–Crippen MR) is 176 cm³/mol. The van der Waals surface area contributed by atoms with Gasteiger partial charge in [0.15, 0.2) is 11.1 Å². The molecule has 0 aliphatic carbocycles. The highest BCUT2D eigenvalue weighted by Gasteiger charge is 2.27. The molecule has 0 aliphatic heterocycles. The van der Waals surface area contributed by atoms with Gasteiger partial charge in [0, 0.05) is 49.9 Å². The quantitative estimate of drug-likeness (QED) is 0.171. The van der Waals surface area contributed by atoms with Gasteiger partial charge in [-0.15, -0.1) is 0 Å². The number of allylic oxidation sites excluding steroid dienone is 1. The lowest BCUT2D eigenvalue weighted by Crippen LogP contribution is -2.28. The van der Waals surface area contributed by atoms with Crippen molar-refractivity contribution in [2.45, 2.75) is 44.4 Å². The molecule has 0 fully saturated rings. The first-order valence-electron chi connectivity index (χ1n) is 13.8. The molecule has 0 bridgehead atoms. The molecule has 12 heteroatoms. The molecule has 0 spiro atoms. The summed E-state index contributed by atoms with van der Waals surface area (Å²) in [7, 11) is 4.27. The lowest BCUT2D eigenvalue weighted by molar-refractivity contribution is 0.397. The second kappa shape index (κ2) is 15.4. The molecule has 1 unspecified atom stereocenters. The average Bonchev–Trinajstić information content (AvgIpc) is 3.00. The van der Waals surface area contributed by atoms with Gasteiger partial charge in [-0.05, 0) is 54.5 Å². The zero-order valence-electron chi connectivity index (χ0n) is 26.4. The number of aromatic nitrogens is 1. The summed E-state index contributed by atoms with van der Waals surface area (Å²) in [4.78, 5) is 20.4. The van der Waals surface area contributed by atoms with E-state index in [1.165, 1.54) is 17.8 Å². The van der Waals surface area contributed by atoms with Crippen LogP contribution in [0.2, 0.25) is 0 Å². The molecular formula is C31H43N3O7S2. The molecule has 0 saturated heterocycles. The Morgan fingerprint density at radius 2 is 1.81 bits per heavy atom. The first-order valence-corrected chi connectivity index (χ1v) is 16.5. The van der Waals surface area contributed by atoms with E-state index in [2.05, 4.69) is 4.18 Å². The number of aryl methyl sites for hydroxylation is 1. The van der Waals surface area contributed by atoms with Crippen LogP contribution in [0.1, 0.15) is 45.2 Å². The number of fused-ring (bicyclic) bond motifs is 1. The van der Waals surface area contributed by atoms with Gasteiger partial charge in [0.2, 0.25) is 0 Å². The molecule has 0 amide bonds. The van der Waals surface area contributed by atoms with E-state index in [0.29, 0.717) is 21.5 Å². The summed E-state index contributed by atoms with van der Waals surface area (Å²) in [6.07, 6.45) is 3.40. The number of aromatic hydroxyl groups is 1. The summed E-state index contributed by atoms with van der Waals surface area (Å²) >= 11 is -1.65. The van der Waals surface area contributed by atoms with Gasteiger partial charge in [0.25, 0.3) is 15.7 Å². The van der Waals surface area contributed by atoms with Crippen LogP contribution in [0, 0.1) is 0 Å². The average molecular weight is 634 g/mol. The van der Waals surface area contributed by atoms with Gasteiger partial charge < -0.3 is 14.6 Å². The van der Waals surface area contributed by atoms with Crippen LogP contribution in [0.25, 0.3) is 17.0 Å². The number of nitrogens with zero attached hydrogens (tertiary/aromatic N) is 3. The van der Waals surface area contributed by atoms with Crippen molar-refractivity contribution in [2.75, 3.05) is 45.5 Å². The molecule has 2 aromatic carbocycles. The molecule has 1 N–H and O–H groups in total. The van der Waals surface area contributed by atoms with Gasteiger partial charge in [0.05, 0.1) is 35.9 Å². The molecule has 0 aliphatic rings. The maximum atomic E-state index is 13.3. The minimum absolute atomic E-state index is 0.0947. The Hall–Kier alpha value is -3.32. The zero-order valence-corrected chi connectivity index (χ0v) is 28.0. The fraction of sp³-hybridized carbons (Fsp3) is 0.419. The topological polar surface area (TPSA) is 128 Å². The molecule has 0 radical (unpaired) electrons. The molecule has 43 heavy (non-hydrogen) atoms. The molecule has 3 rings (SSSR count). The van der Waals surface area contributed by atoms with E-state index < -0.39 is 26.6 Å². The van der Waals surface area contributed by atoms with Gasteiger partial charge in [-0.2, -0.15) is 8.42 Å². The van der Waals surface area contributed by atoms with E-state index in [-0.39, 0.29) is 35.6 Å². The van der Waals surface area contributed by atoms with Crippen LogP contribution in [-0.4, -0.2) is 68.6 Å². The number of pyridine rings is 1. The third kappa shape index (κ3) is 8.62. The van der Waals surface area contributed by atoms with E-state index in [9.17, 15) is 22.5 Å². The van der Waals surface area contributed by atoms with E-state index in [0.717, 1.165) is 18.4 Å². The number of hydrogen-bond donors (Lipinski definition) is 1. The van der Waals surface area contributed by atoms with Crippen LogP contribution < -0.4 is 10.5 Å². The van der Waals surface area contributed by atoms with Crippen molar-refractivity contribution in [3.8, 4) is 5.75 Å². The fourth-order valence-electron chi connectivity index (χ4n) is 4.34. The molecule has 1 atom stereocenters. The van der Waals surface area contributed by atoms with Crippen LogP contribution in [0.3, 0.4) is 0 Å². The second-order valence-electron chi connectivity index (χ2n) is 10.2. The molecule has 1 heterocycles. The molecule has 236 valence electrons. The van der Waals surface area contributed by atoms with Crippen LogP contribution in [-0.2, 0) is 42.0 Å². The van der Waals surface area contributed by atoms with E-state index >= 15 is 0 Å². The van der Waals surface area contributed by atoms with Gasteiger partial charge in [0.1, 0.15) is 5.75 Å². The van der Waals surface area contributed by atoms with E-state index in [1.807, 2.05) is 64.9 Å². The minimum atomic E-state index is -3.64. The Bertz CT molecular complexity index is 1670. The molecule has 1 aromatic heterocycles. The first-order chi connectivity index (χ1) is 20.2. The van der Waals surface area contributed by atoms with Crippen molar-refractivity contribution in [2.24, 2.45) is 12.0 Å².